The predicted molar refractivity (Wildman–Crippen MR) is 105 cm³/mol. The number of β-amino-alcohol motifs (C(OH)–C–C–N with tert-alkyl or cyclic N) is 1. The van der Waals surface area contributed by atoms with Gasteiger partial charge >= 0.3 is 0 Å². The van der Waals surface area contributed by atoms with E-state index < -0.39 is 5.79 Å². The van der Waals surface area contributed by atoms with Gasteiger partial charge in [0.05, 0.1) is 12.6 Å². The van der Waals surface area contributed by atoms with Crippen molar-refractivity contribution in [1.29, 1.82) is 0 Å². The molecule has 2 aromatic carbocycles. The zero-order chi connectivity index (χ0) is 18.0. The van der Waals surface area contributed by atoms with E-state index in [9.17, 15) is 5.11 Å². The molecule has 4 rings (SSSR count). The summed E-state index contributed by atoms with van der Waals surface area (Å²) < 4.78 is 6.20. The third kappa shape index (κ3) is 3.61. The summed E-state index contributed by atoms with van der Waals surface area (Å²) in [6, 6.07) is 18.8. The first-order chi connectivity index (χ1) is 12.6. The van der Waals surface area contributed by atoms with Gasteiger partial charge in [-0.25, -0.2) is 0 Å². The molecule has 1 N–H and O–H groups in total. The fourth-order valence-corrected chi connectivity index (χ4v) is 4.23. The first-order valence-corrected chi connectivity index (χ1v) is 9.58. The summed E-state index contributed by atoms with van der Waals surface area (Å²) in [5.41, 5.74) is 3.13. The van der Waals surface area contributed by atoms with E-state index in [4.69, 9.17) is 4.74 Å². The first kappa shape index (κ1) is 17.5. The van der Waals surface area contributed by atoms with Crippen LogP contribution in [0.2, 0.25) is 0 Å². The van der Waals surface area contributed by atoms with Crippen LogP contribution in [0, 0.1) is 0 Å². The molecule has 136 valence electrons. The summed E-state index contributed by atoms with van der Waals surface area (Å²) in [6.45, 7) is 0.521. The molecule has 3 unspecified atom stereocenters. The van der Waals surface area contributed by atoms with E-state index in [1.807, 2.05) is 42.5 Å². The molecule has 3 atom stereocenters. The second-order valence-electron chi connectivity index (χ2n) is 7.57. The Morgan fingerprint density at radius 1 is 0.962 bits per heavy atom. The zero-order valence-corrected chi connectivity index (χ0v) is 15.3. The number of hydrogen-bond donors (Lipinski definition) is 1. The molecule has 2 aliphatic rings. The van der Waals surface area contributed by atoms with Gasteiger partial charge in [-0.1, -0.05) is 79.6 Å². The maximum atomic E-state index is 11.2. The number of nitrogens with zero attached hydrogens (tertiary/aromatic N) is 1. The topological polar surface area (TPSA) is 32.7 Å². The number of likely N-dealkylation sites (N-methyl/N-ethyl adjacent to an activating group) is 1. The quantitative estimate of drug-likeness (QED) is 0.840. The highest BCUT2D eigenvalue weighted by Crippen LogP contribution is 2.37. The first-order valence-electron chi connectivity index (χ1n) is 9.58. The largest absolute Gasteiger partial charge is 0.361 e. The second kappa shape index (κ2) is 7.36. The molecule has 3 heteroatoms. The molecule has 1 saturated carbocycles. The molecule has 1 aliphatic carbocycles. The molecule has 0 spiro atoms. The lowest BCUT2D eigenvalue weighted by Crippen LogP contribution is -2.58. The predicted octanol–water partition coefficient (Wildman–Crippen LogP) is 4.28. The van der Waals surface area contributed by atoms with Gasteiger partial charge in [0.25, 0.3) is 0 Å². The van der Waals surface area contributed by atoms with Crippen molar-refractivity contribution in [2.24, 2.45) is 0 Å². The molecule has 1 heterocycles. The van der Waals surface area contributed by atoms with Crippen molar-refractivity contribution < 1.29 is 9.84 Å². The van der Waals surface area contributed by atoms with E-state index in [2.05, 4.69) is 36.2 Å². The smallest absolute Gasteiger partial charge is 0.205 e. The van der Waals surface area contributed by atoms with Gasteiger partial charge in [0.2, 0.25) is 5.79 Å². The highest BCUT2D eigenvalue weighted by Gasteiger charge is 2.45. The fourth-order valence-electron chi connectivity index (χ4n) is 4.23. The number of fused-ring (bicyclic) bond motifs is 1. The second-order valence-corrected chi connectivity index (χ2v) is 7.57. The van der Waals surface area contributed by atoms with Crippen molar-refractivity contribution in [1.82, 2.24) is 4.90 Å². The summed E-state index contributed by atoms with van der Waals surface area (Å²) in [5.74, 6) is -1.21. The van der Waals surface area contributed by atoms with Crippen molar-refractivity contribution in [3.8, 4) is 0 Å². The molecule has 1 saturated heterocycles. The van der Waals surface area contributed by atoms with Crippen LogP contribution >= 0.6 is 0 Å². The minimum Gasteiger partial charge on any atom is -0.361 e. The van der Waals surface area contributed by atoms with E-state index in [-0.39, 0.29) is 6.10 Å². The average molecular weight is 349 g/mol. The molecule has 1 aliphatic heterocycles. The van der Waals surface area contributed by atoms with Crippen LogP contribution in [0.25, 0.3) is 12.2 Å². The van der Waals surface area contributed by atoms with Crippen LogP contribution in [-0.2, 0) is 10.5 Å². The number of rotatable bonds is 3. The summed E-state index contributed by atoms with van der Waals surface area (Å²) in [6.07, 6.45) is 8.97. The van der Waals surface area contributed by atoms with Crippen LogP contribution in [0.4, 0.5) is 0 Å². The van der Waals surface area contributed by atoms with Crippen molar-refractivity contribution >= 4 is 12.2 Å². The fraction of sp³-hybridized carbons (Fsp3) is 0.391. The lowest BCUT2D eigenvalue weighted by molar-refractivity contribution is -0.293. The Balaban J connectivity index is 1.50. The van der Waals surface area contributed by atoms with Crippen LogP contribution in [0.3, 0.4) is 0 Å². The third-order valence-corrected chi connectivity index (χ3v) is 5.67. The molecular formula is C23H27NO2. The van der Waals surface area contributed by atoms with Gasteiger partial charge in [0.1, 0.15) is 0 Å². The van der Waals surface area contributed by atoms with Crippen molar-refractivity contribution in [3.05, 3.63) is 71.3 Å². The molecule has 26 heavy (non-hydrogen) atoms. The number of benzene rings is 2. The standard InChI is InChI=1S/C23H27NO2/c1-24-17-23(25,26-22-10-6-5-9-21(22)24)20-15-13-19(14-16-20)12-11-18-7-3-2-4-8-18/h2-4,7-8,11-16,21-22,25H,5-6,9-10,17H2,1H3/b12-11+. The Morgan fingerprint density at radius 2 is 1.62 bits per heavy atom. The maximum Gasteiger partial charge on any atom is 0.205 e. The van der Waals surface area contributed by atoms with Crippen molar-refractivity contribution in [2.45, 2.75) is 43.6 Å². The molecule has 0 aromatic heterocycles. The average Bonchev–Trinajstić information content (AvgIpc) is 2.67. The Bertz CT molecular complexity index is 756. The van der Waals surface area contributed by atoms with Gasteiger partial charge in [0, 0.05) is 11.6 Å². The van der Waals surface area contributed by atoms with Crippen molar-refractivity contribution in [3.63, 3.8) is 0 Å². The zero-order valence-electron chi connectivity index (χ0n) is 15.3. The van der Waals surface area contributed by atoms with Gasteiger partial charge < -0.3 is 9.84 Å². The number of morpholine rings is 1. The number of hydrogen-bond acceptors (Lipinski definition) is 3. The van der Waals surface area contributed by atoms with Crippen molar-refractivity contribution in [2.75, 3.05) is 13.6 Å². The van der Waals surface area contributed by atoms with Crippen LogP contribution in [-0.4, -0.2) is 35.7 Å². The third-order valence-electron chi connectivity index (χ3n) is 5.67. The van der Waals surface area contributed by atoms with Gasteiger partial charge in [-0.05, 0) is 31.0 Å². The summed E-state index contributed by atoms with van der Waals surface area (Å²) in [5, 5.41) is 11.2. The summed E-state index contributed by atoms with van der Waals surface area (Å²) in [7, 11) is 2.10. The molecule has 0 bridgehead atoms. The lowest BCUT2D eigenvalue weighted by Gasteiger charge is -2.49. The minimum atomic E-state index is -1.21. The van der Waals surface area contributed by atoms with Gasteiger partial charge in [-0.2, -0.15) is 0 Å². The van der Waals surface area contributed by atoms with Gasteiger partial charge in [0.15, 0.2) is 0 Å². The van der Waals surface area contributed by atoms with Crippen LogP contribution in [0.15, 0.2) is 54.6 Å². The maximum absolute atomic E-state index is 11.2. The summed E-state index contributed by atoms with van der Waals surface area (Å²) in [4.78, 5) is 2.27. The van der Waals surface area contributed by atoms with E-state index in [0.717, 1.165) is 17.5 Å². The normalized spacial score (nSPS) is 29.6. The van der Waals surface area contributed by atoms with E-state index >= 15 is 0 Å². The van der Waals surface area contributed by atoms with E-state index in [1.54, 1.807) is 0 Å². The van der Waals surface area contributed by atoms with Crippen LogP contribution in [0.1, 0.15) is 42.4 Å². The number of ether oxygens (including phenoxy) is 1. The van der Waals surface area contributed by atoms with Crippen LogP contribution < -0.4 is 0 Å². The Morgan fingerprint density at radius 3 is 2.35 bits per heavy atom. The number of aliphatic hydroxyl groups is 1. The molecule has 2 aromatic rings. The van der Waals surface area contributed by atoms with Crippen LogP contribution in [0.5, 0.6) is 0 Å². The summed E-state index contributed by atoms with van der Waals surface area (Å²) >= 11 is 0. The monoisotopic (exact) mass is 349 g/mol. The van der Waals surface area contributed by atoms with Gasteiger partial charge in [-0.15, -0.1) is 0 Å². The molecule has 0 radical (unpaired) electrons. The molecule has 2 fully saturated rings. The van der Waals surface area contributed by atoms with E-state index in [1.165, 1.54) is 24.8 Å². The highest BCUT2D eigenvalue weighted by atomic mass is 16.6. The Hall–Kier alpha value is -1.94. The molecule has 0 amide bonds. The molecular weight excluding hydrogens is 322 g/mol. The Labute approximate surface area is 155 Å². The van der Waals surface area contributed by atoms with E-state index in [0.29, 0.717) is 12.6 Å². The molecule has 3 nitrogen and oxygen atoms in total. The Kier molecular flexibility index (Phi) is 4.94. The lowest BCUT2D eigenvalue weighted by atomic mass is 9.88. The minimum absolute atomic E-state index is 0.130. The SMILES string of the molecule is CN1CC(O)(c2ccc(/C=C/c3ccccc3)cc2)OC2CCCCC21. The van der Waals surface area contributed by atoms with Gasteiger partial charge in [-0.3, -0.25) is 4.90 Å². The highest BCUT2D eigenvalue weighted by molar-refractivity contribution is 5.69.